The van der Waals surface area contributed by atoms with Crippen molar-refractivity contribution in [1.82, 2.24) is 4.98 Å². The molecular formula is C11H10N2O2. The van der Waals surface area contributed by atoms with Crippen LogP contribution in [-0.2, 0) is 0 Å². The van der Waals surface area contributed by atoms with E-state index in [2.05, 4.69) is 10.1 Å². The highest BCUT2D eigenvalue weighted by Crippen LogP contribution is 2.21. The van der Waals surface area contributed by atoms with Gasteiger partial charge in [-0.15, -0.1) is 0 Å². The van der Waals surface area contributed by atoms with Crippen LogP contribution in [0, 0.1) is 0 Å². The molecule has 0 aliphatic rings. The minimum atomic E-state index is 0.637. The highest BCUT2D eigenvalue weighted by atomic mass is 16.5. The fourth-order valence-corrected chi connectivity index (χ4v) is 1.46. The molecular weight excluding hydrogens is 192 g/mol. The van der Waals surface area contributed by atoms with Gasteiger partial charge in [0.05, 0.1) is 19.0 Å². The summed E-state index contributed by atoms with van der Waals surface area (Å²) in [5, 5.41) is 13.4. The Hall–Kier alpha value is -2.10. The van der Waals surface area contributed by atoms with Gasteiger partial charge in [-0.1, -0.05) is 5.16 Å². The van der Waals surface area contributed by atoms with E-state index in [1.165, 1.54) is 6.21 Å². The zero-order valence-electron chi connectivity index (χ0n) is 8.21. The first-order chi connectivity index (χ1) is 7.35. The van der Waals surface area contributed by atoms with E-state index in [1.807, 2.05) is 24.3 Å². The number of hydrogen-bond acceptors (Lipinski definition) is 4. The molecule has 0 fully saturated rings. The molecule has 76 valence electrons. The lowest BCUT2D eigenvalue weighted by atomic mass is 10.1. The van der Waals surface area contributed by atoms with Gasteiger partial charge in [0.15, 0.2) is 0 Å². The Morgan fingerprint density at radius 3 is 3.00 bits per heavy atom. The van der Waals surface area contributed by atoms with Gasteiger partial charge in [0.2, 0.25) is 0 Å². The maximum Gasteiger partial charge on any atom is 0.119 e. The minimum Gasteiger partial charge on any atom is -0.497 e. The van der Waals surface area contributed by atoms with Crippen molar-refractivity contribution in [1.29, 1.82) is 0 Å². The summed E-state index contributed by atoms with van der Waals surface area (Å²) in [6.45, 7) is 0. The number of pyridine rings is 1. The van der Waals surface area contributed by atoms with Gasteiger partial charge in [0, 0.05) is 11.6 Å². The largest absolute Gasteiger partial charge is 0.497 e. The molecule has 0 unspecified atom stereocenters. The standard InChI is InChI=1S/C11H10N2O2/c1-15-9-2-3-10-8(6-9)4-5-12-11(10)7-13-14/h2-7,14H,1H3/b13-7+. The van der Waals surface area contributed by atoms with E-state index in [0.717, 1.165) is 16.5 Å². The van der Waals surface area contributed by atoms with Crippen molar-refractivity contribution >= 4 is 17.0 Å². The van der Waals surface area contributed by atoms with E-state index in [-0.39, 0.29) is 0 Å². The summed E-state index contributed by atoms with van der Waals surface area (Å²) >= 11 is 0. The number of fused-ring (bicyclic) bond motifs is 1. The first-order valence-corrected chi connectivity index (χ1v) is 4.45. The predicted molar refractivity (Wildman–Crippen MR) is 57.7 cm³/mol. The normalized spacial score (nSPS) is 11.0. The van der Waals surface area contributed by atoms with Crippen LogP contribution in [0.3, 0.4) is 0 Å². The molecule has 1 aromatic carbocycles. The van der Waals surface area contributed by atoms with Gasteiger partial charge in [-0.3, -0.25) is 4.98 Å². The maximum absolute atomic E-state index is 8.48. The molecule has 0 aliphatic carbocycles. The van der Waals surface area contributed by atoms with Crippen molar-refractivity contribution in [2.24, 2.45) is 5.16 Å². The average molecular weight is 202 g/mol. The highest BCUT2D eigenvalue weighted by Gasteiger charge is 2.01. The minimum absolute atomic E-state index is 0.637. The summed E-state index contributed by atoms with van der Waals surface area (Å²) in [4.78, 5) is 4.10. The van der Waals surface area contributed by atoms with Gasteiger partial charge in [-0.05, 0) is 29.7 Å². The Labute approximate surface area is 86.8 Å². The van der Waals surface area contributed by atoms with E-state index in [4.69, 9.17) is 9.94 Å². The molecule has 1 aromatic heterocycles. The lowest BCUT2D eigenvalue weighted by Crippen LogP contribution is -1.90. The molecule has 4 heteroatoms. The maximum atomic E-state index is 8.48. The zero-order chi connectivity index (χ0) is 10.7. The van der Waals surface area contributed by atoms with Crippen LogP contribution in [0.2, 0.25) is 0 Å². The number of methoxy groups -OCH3 is 1. The lowest BCUT2D eigenvalue weighted by Gasteiger charge is -2.03. The van der Waals surface area contributed by atoms with Crippen LogP contribution in [0.25, 0.3) is 10.8 Å². The third-order valence-electron chi connectivity index (χ3n) is 2.18. The second-order valence-electron chi connectivity index (χ2n) is 3.03. The summed E-state index contributed by atoms with van der Waals surface area (Å²) in [7, 11) is 1.62. The van der Waals surface area contributed by atoms with Crippen molar-refractivity contribution in [3.8, 4) is 5.75 Å². The van der Waals surface area contributed by atoms with E-state index >= 15 is 0 Å². The molecule has 0 bridgehead atoms. The van der Waals surface area contributed by atoms with Crippen LogP contribution in [0.15, 0.2) is 35.6 Å². The Bertz CT molecular complexity index is 509. The summed E-state index contributed by atoms with van der Waals surface area (Å²) in [6, 6.07) is 7.52. The van der Waals surface area contributed by atoms with Crippen LogP contribution >= 0.6 is 0 Å². The number of oxime groups is 1. The molecule has 0 radical (unpaired) electrons. The van der Waals surface area contributed by atoms with Crippen LogP contribution in [0.4, 0.5) is 0 Å². The van der Waals surface area contributed by atoms with Crippen molar-refractivity contribution in [2.75, 3.05) is 7.11 Å². The Kier molecular flexibility index (Phi) is 2.49. The second-order valence-corrected chi connectivity index (χ2v) is 3.03. The van der Waals surface area contributed by atoms with Crippen molar-refractivity contribution in [3.63, 3.8) is 0 Å². The summed E-state index contributed by atoms with van der Waals surface area (Å²) in [5.41, 5.74) is 0.637. The molecule has 0 amide bonds. The van der Waals surface area contributed by atoms with Gasteiger partial charge >= 0.3 is 0 Å². The fourth-order valence-electron chi connectivity index (χ4n) is 1.46. The van der Waals surface area contributed by atoms with Crippen LogP contribution in [0.1, 0.15) is 5.69 Å². The summed E-state index contributed by atoms with van der Waals surface area (Å²) in [6.07, 6.45) is 2.98. The molecule has 0 saturated heterocycles. The fraction of sp³-hybridized carbons (Fsp3) is 0.0909. The molecule has 0 saturated carbocycles. The number of rotatable bonds is 2. The number of benzene rings is 1. The zero-order valence-corrected chi connectivity index (χ0v) is 8.21. The van der Waals surface area contributed by atoms with E-state index < -0.39 is 0 Å². The van der Waals surface area contributed by atoms with Crippen LogP contribution < -0.4 is 4.74 Å². The van der Waals surface area contributed by atoms with Gasteiger partial charge in [0.1, 0.15) is 5.75 Å². The number of aromatic nitrogens is 1. The van der Waals surface area contributed by atoms with Gasteiger partial charge in [-0.25, -0.2) is 0 Å². The molecule has 0 spiro atoms. The quantitative estimate of drug-likeness (QED) is 0.460. The van der Waals surface area contributed by atoms with Crippen LogP contribution in [-0.4, -0.2) is 23.5 Å². The Morgan fingerprint density at radius 1 is 1.40 bits per heavy atom. The SMILES string of the molecule is COc1ccc2c(/C=N/O)nccc2c1. The summed E-state index contributed by atoms with van der Waals surface area (Å²) in [5.74, 6) is 0.792. The molecule has 15 heavy (non-hydrogen) atoms. The van der Waals surface area contributed by atoms with Crippen molar-refractivity contribution < 1.29 is 9.94 Å². The lowest BCUT2D eigenvalue weighted by molar-refractivity contribution is 0.321. The highest BCUT2D eigenvalue weighted by molar-refractivity contribution is 5.98. The van der Waals surface area contributed by atoms with E-state index in [1.54, 1.807) is 13.3 Å². The first kappa shape index (κ1) is 9.45. The molecule has 1 N–H and O–H groups in total. The summed E-state index contributed by atoms with van der Waals surface area (Å²) < 4.78 is 5.12. The van der Waals surface area contributed by atoms with Gasteiger partial charge in [-0.2, -0.15) is 0 Å². The molecule has 1 heterocycles. The smallest absolute Gasteiger partial charge is 0.119 e. The van der Waals surface area contributed by atoms with E-state index in [9.17, 15) is 0 Å². The monoisotopic (exact) mass is 202 g/mol. The number of ether oxygens (including phenoxy) is 1. The van der Waals surface area contributed by atoms with Gasteiger partial charge < -0.3 is 9.94 Å². The molecule has 2 rings (SSSR count). The molecule has 2 aromatic rings. The average Bonchev–Trinajstić information content (AvgIpc) is 2.29. The third-order valence-corrected chi connectivity index (χ3v) is 2.18. The molecule has 0 atom stereocenters. The van der Waals surface area contributed by atoms with Crippen LogP contribution in [0.5, 0.6) is 5.75 Å². The molecule has 0 aliphatic heterocycles. The Balaban J connectivity index is 2.66. The first-order valence-electron chi connectivity index (χ1n) is 4.45. The number of hydrogen-bond donors (Lipinski definition) is 1. The number of nitrogens with zero attached hydrogens (tertiary/aromatic N) is 2. The van der Waals surface area contributed by atoms with E-state index in [0.29, 0.717) is 5.69 Å². The Morgan fingerprint density at radius 2 is 2.27 bits per heavy atom. The topological polar surface area (TPSA) is 54.7 Å². The van der Waals surface area contributed by atoms with Crippen molar-refractivity contribution in [2.45, 2.75) is 0 Å². The third kappa shape index (κ3) is 1.74. The second kappa shape index (κ2) is 3.96. The predicted octanol–water partition coefficient (Wildman–Crippen LogP) is 2.05. The van der Waals surface area contributed by atoms with Gasteiger partial charge in [0.25, 0.3) is 0 Å². The molecule has 4 nitrogen and oxygen atoms in total. The van der Waals surface area contributed by atoms with Crippen molar-refractivity contribution in [3.05, 3.63) is 36.2 Å².